The van der Waals surface area contributed by atoms with Gasteiger partial charge in [-0.1, -0.05) is 85.8 Å². The SMILES string of the molecule is CCCN1C(=O)[C@H](CCCCN(C(C)=O)c2ccccc2-c2ccccc2)NC(=O)C12CCN(CCc1ccccc1)CC2. The molecule has 3 amide bonds. The molecule has 0 bridgehead atoms. The molecular formula is C37H46N4O3. The van der Waals surface area contributed by atoms with Gasteiger partial charge >= 0.3 is 0 Å². The minimum absolute atomic E-state index is 0.000380. The van der Waals surface area contributed by atoms with Gasteiger partial charge in [0.05, 0.1) is 5.69 Å². The number of carbonyl (C=O) groups is 3. The van der Waals surface area contributed by atoms with Crippen molar-refractivity contribution in [3.63, 3.8) is 0 Å². The molecule has 7 nitrogen and oxygen atoms in total. The van der Waals surface area contributed by atoms with Gasteiger partial charge in [0.1, 0.15) is 11.6 Å². The second kappa shape index (κ2) is 14.7. The van der Waals surface area contributed by atoms with E-state index in [9.17, 15) is 14.4 Å². The summed E-state index contributed by atoms with van der Waals surface area (Å²) in [5.74, 6) is 0.0315. The Labute approximate surface area is 262 Å². The summed E-state index contributed by atoms with van der Waals surface area (Å²) in [4.78, 5) is 46.4. The molecular weight excluding hydrogens is 548 g/mol. The van der Waals surface area contributed by atoms with Gasteiger partial charge in [0, 0.05) is 45.2 Å². The van der Waals surface area contributed by atoms with Gasteiger partial charge < -0.3 is 20.0 Å². The molecule has 1 spiro atoms. The smallest absolute Gasteiger partial charge is 0.246 e. The van der Waals surface area contributed by atoms with E-state index in [1.807, 2.05) is 58.3 Å². The Morgan fingerprint density at radius 3 is 2.23 bits per heavy atom. The van der Waals surface area contributed by atoms with Crippen molar-refractivity contribution in [3.8, 4) is 11.1 Å². The average molecular weight is 595 g/mol. The van der Waals surface area contributed by atoms with Crippen LogP contribution in [-0.4, -0.2) is 71.8 Å². The molecule has 2 aliphatic rings. The van der Waals surface area contributed by atoms with E-state index >= 15 is 0 Å². The third-order valence-corrected chi connectivity index (χ3v) is 9.28. The standard InChI is InChI=1S/C37H46N4O3/c1-3-24-41-35(43)33(38-36(44)37(41)22-27-39(28-23-37)26-21-30-14-6-4-7-15-30)19-12-13-25-40(29(2)42)34-20-11-10-18-32(34)31-16-8-5-9-17-31/h4-11,14-18,20,33H,3,12-13,19,21-28H2,1-2H3,(H,38,44)/t33-/m0/s1. The summed E-state index contributed by atoms with van der Waals surface area (Å²) >= 11 is 0. The van der Waals surface area contributed by atoms with E-state index in [0.717, 1.165) is 62.1 Å². The molecule has 7 heteroatoms. The van der Waals surface area contributed by atoms with Crippen LogP contribution < -0.4 is 10.2 Å². The first kappa shape index (κ1) is 31.5. The lowest BCUT2D eigenvalue weighted by molar-refractivity contribution is -0.161. The highest BCUT2D eigenvalue weighted by molar-refractivity contribution is 6.00. The molecule has 232 valence electrons. The molecule has 0 radical (unpaired) electrons. The van der Waals surface area contributed by atoms with Gasteiger partial charge in [0.2, 0.25) is 17.7 Å². The van der Waals surface area contributed by atoms with Gasteiger partial charge in [-0.25, -0.2) is 0 Å². The predicted octanol–water partition coefficient (Wildman–Crippen LogP) is 5.69. The van der Waals surface area contributed by atoms with Crippen molar-refractivity contribution < 1.29 is 14.4 Å². The number of amides is 3. The molecule has 2 saturated heterocycles. The highest BCUT2D eigenvalue weighted by Crippen LogP contribution is 2.34. The lowest BCUT2D eigenvalue weighted by Gasteiger charge is -2.51. The number of para-hydroxylation sites is 1. The molecule has 0 saturated carbocycles. The van der Waals surface area contributed by atoms with E-state index in [1.165, 1.54) is 5.56 Å². The number of anilines is 1. The van der Waals surface area contributed by atoms with Gasteiger partial charge in [0.25, 0.3) is 0 Å². The largest absolute Gasteiger partial charge is 0.342 e. The fraction of sp³-hybridized carbons (Fsp3) is 0.432. The monoisotopic (exact) mass is 594 g/mol. The molecule has 3 aromatic rings. The fourth-order valence-corrected chi connectivity index (χ4v) is 6.83. The highest BCUT2D eigenvalue weighted by Gasteiger charge is 2.53. The van der Waals surface area contributed by atoms with Crippen molar-refractivity contribution in [3.05, 3.63) is 90.5 Å². The van der Waals surface area contributed by atoms with E-state index in [1.54, 1.807) is 6.92 Å². The van der Waals surface area contributed by atoms with Crippen LogP contribution in [0.5, 0.6) is 0 Å². The van der Waals surface area contributed by atoms with Crippen LogP contribution in [0.1, 0.15) is 57.9 Å². The Morgan fingerprint density at radius 2 is 1.55 bits per heavy atom. The molecule has 2 aliphatic heterocycles. The zero-order valence-corrected chi connectivity index (χ0v) is 26.2. The van der Waals surface area contributed by atoms with Crippen LogP contribution in [0.3, 0.4) is 0 Å². The second-order valence-corrected chi connectivity index (χ2v) is 12.2. The summed E-state index contributed by atoms with van der Waals surface area (Å²) in [6.45, 7) is 7.39. The molecule has 2 fully saturated rings. The van der Waals surface area contributed by atoms with Crippen molar-refractivity contribution >= 4 is 23.4 Å². The summed E-state index contributed by atoms with van der Waals surface area (Å²) in [7, 11) is 0. The number of unbranched alkanes of at least 4 members (excludes halogenated alkanes) is 1. The zero-order chi connectivity index (χ0) is 30.9. The van der Waals surface area contributed by atoms with E-state index in [2.05, 4.69) is 53.5 Å². The first-order valence-electron chi connectivity index (χ1n) is 16.2. The van der Waals surface area contributed by atoms with Crippen molar-refractivity contribution in [2.75, 3.05) is 37.6 Å². The summed E-state index contributed by atoms with van der Waals surface area (Å²) < 4.78 is 0. The summed E-state index contributed by atoms with van der Waals surface area (Å²) in [5.41, 5.74) is 3.54. The van der Waals surface area contributed by atoms with Crippen LogP contribution in [0, 0.1) is 0 Å². The van der Waals surface area contributed by atoms with Crippen LogP contribution in [0.15, 0.2) is 84.9 Å². The molecule has 0 aliphatic carbocycles. The van der Waals surface area contributed by atoms with Gasteiger partial charge in [0.15, 0.2) is 0 Å². The highest BCUT2D eigenvalue weighted by atomic mass is 16.2. The maximum absolute atomic E-state index is 13.8. The number of nitrogens with one attached hydrogen (secondary N) is 1. The molecule has 0 aromatic heterocycles. The normalized spacial score (nSPS) is 18.3. The predicted molar refractivity (Wildman–Crippen MR) is 176 cm³/mol. The third-order valence-electron chi connectivity index (χ3n) is 9.28. The number of carbonyl (C=O) groups excluding carboxylic acids is 3. The molecule has 2 heterocycles. The Balaban J connectivity index is 1.17. The maximum atomic E-state index is 13.8. The number of nitrogens with zero attached hydrogens (tertiary/aromatic N) is 3. The van der Waals surface area contributed by atoms with Crippen LogP contribution in [-0.2, 0) is 20.8 Å². The van der Waals surface area contributed by atoms with E-state index in [-0.39, 0.29) is 17.7 Å². The number of rotatable bonds is 12. The maximum Gasteiger partial charge on any atom is 0.246 e. The summed E-state index contributed by atoms with van der Waals surface area (Å²) in [5, 5.41) is 3.13. The molecule has 0 unspecified atom stereocenters. The Bertz CT molecular complexity index is 1400. The number of piperidine rings is 1. The summed E-state index contributed by atoms with van der Waals surface area (Å²) in [6.07, 6.45) is 5.17. The molecule has 5 rings (SSSR count). The zero-order valence-electron chi connectivity index (χ0n) is 26.2. The number of piperazine rings is 1. The number of likely N-dealkylation sites (tertiary alicyclic amines) is 1. The molecule has 1 N–H and O–H groups in total. The van der Waals surface area contributed by atoms with Crippen molar-refractivity contribution in [1.82, 2.24) is 15.1 Å². The molecule has 3 aromatic carbocycles. The first-order valence-corrected chi connectivity index (χ1v) is 16.2. The fourth-order valence-electron chi connectivity index (χ4n) is 6.83. The van der Waals surface area contributed by atoms with Crippen LogP contribution in [0.4, 0.5) is 5.69 Å². The number of hydrogen-bond donors (Lipinski definition) is 1. The molecule has 44 heavy (non-hydrogen) atoms. The van der Waals surface area contributed by atoms with Gasteiger partial charge in [-0.15, -0.1) is 0 Å². The lowest BCUT2D eigenvalue weighted by Crippen LogP contribution is -2.72. The first-order chi connectivity index (χ1) is 21.4. The van der Waals surface area contributed by atoms with E-state index in [4.69, 9.17) is 0 Å². The van der Waals surface area contributed by atoms with Gasteiger partial charge in [-0.2, -0.15) is 0 Å². The molecule has 1 atom stereocenters. The van der Waals surface area contributed by atoms with E-state index < -0.39 is 11.6 Å². The van der Waals surface area contributed by atoms with Crippen LogP contribution in [0.25, 0.3) is 11.1 Å². The quantitative estimate of drug-likeness (QED) is 0.274. The Morgan fingerprint density at radius 1 is 0.886 bits per heavy atom. The van der Waals surface area contributed by atoms with Gasteiger partial charge in [-0.3, -0.25) is 14.4 Å². The van der Waals surface area contributed by atoms with Crippen LogP contribution in [0.2, 0.25) is 0 Å². The van der Waals surface area contributed by atoms with Gasteiger partial charge in [-0.05, 0) is 62.1 Å². The van der Waals surface area contributed by atoms with Crippen LogP contribution >= 0.6 is 0 Å². The Kier molecular flexibility index (Phi) is 10.5. The summed E-state index contributed by atoms with van der Waals surface area (Å²) in [6, 6.07) is 28.1. The minimum atomic E-state index is -0.751. The average Bonchev–Trinajstić information content (AvgIpc) is 3.06. The van der Waals surface area contributed by atoms with Crippen molar-refractivity contribution in [2.24, 2.45) is 0 Å². The van der Waals surface area contributed by atoms with E-state index in [0.29, 0.717) is 32.4 Å². The van der Waals surface area contributed by atoms with Crippen molar-refractivity contribution in [2.45, 2.75) is 70.4 Å². The minimum Gasteiger partial charge on any atom is -0.342 e. The lowest BCUT2D eigenvalue weighted by atomic mass is 9.81. The topological polar surface area (TPSA) is 73.0 Å². The van der Waals surface area contributed by atoms with Crippen molar-refractivity contribution in [1.29, 1.82) is 0 Å². The Hall–Kier alpha value is -3.97. The second-order valence-electron chi connectivity index (χ2n) is 12.2. The number of benzene rings is 3. The number of hydrogen-bond acceptors (Lipinski definition) is 4. The third kappa shape index (κ3) is 7.05.